The van der Waals surface area contributed by atoms with E-state index in [-0.39, 0.29) is 18.0 Å². The van der Waals surface area contributed by atoms with Crippen LogP contribution in [0.2, 0.25) is 0 Å². The number of Topliss-reactive ketones (excluding diaryl/α,β-unsaturated/α-hetero) is 1. The van der Waals surface area contributed by atoms with Crippen molar-refractivity contribution in [3.05, 3.63) is 23.8 Å². The van der Waals surface area contributed by atoms with Crippen molar-refractivity contribution in [2.45, 2.75) is 70.4 Å². The van der Waals surface area contributed by atoms with Gasteiger partial charge in [-0.25, -0.2) is 0 Å². The third-order valence-electron chi connectivity index (χ3n) is 6.29. The largest absolute Gasteiger partial charge is 0.496 e. The Balaban J connectivity index is 2.41. The van der Waals surface area contributed by atoms with Gasteiger partial charge in [-0.1, -0.05) is 45.1 Å². The van der Waals surface area contributed by atoms with E-state index in [1.165, 1.54) is 14.2 Å². The molecule has 1 aliphatic rings. The smallest absolute Gasteiger partial charge is 0.324 e. The first-order valence-electron chi connectivity index (χ1n) is 10.7. The summed E-state index contributed by atoms with van der Waals surface area (Å²) in [7, 11) is 2.56. The Kier molecular flexibility index (Phi) is 8.84. The van der Waals surface area contributed by atoms with E-state index in [4.69, 9.17) is 14.2 Å². The summed E-state index contributed by atoms with van der Waals surface area (Å²) in [5.74, 6) is -0.102. The number of ether oxygens (including phenoxy) is 3. The lowest BCUT2D eigenvalue weighted by Gasteiger charge is -2.39. The maximum absolute atomic E-state index is 13.9. The molecule has 2 rings (SSSR count). The Morgan fingerprint density at radius 2 is 1.67 bits per heavy atom. The number of unbranched alkanes of at least 4 members (excludes halogenated alkanes) is 3. The van der Waals surface area contributed by atoms with E-state index >= 15 is 0 Å². The number of rotatable bonds is 12. The lowest BCUT2D eigenvalue weighted by atomic mass is 9.68. The molecule has 1 unspecified atom stereocenters. The van der Waals surface area contributed by atoms with Crippen molar-refractivity contribution in [3.8, 4) is 11.5 Å². The number of hydrogen-bond donors (Lipinski definition) is 0. The minimum atomic E-state index is -1.47. The van der Waals surface area contributed by atoms with E-state index in [1.807, 2.05) is 0 Å². The molecule has 0 heterocycles. The van der Waals surface area contributed by atoms with Crippen LogP contribution < -0.4 is 9.47 Å². The summed E-state index contributed by atoms with van der Waals surface area (Å²) in [5.41, 5.74) is -0.853. The standard InChI is InChI=1S/C23H33O6P/c1-5-6-7-10-16-29-21(25)22(2,30-26)23(14-8-9-15-23)20(24)19-17(27-3)12-11-13-18(19)28-4/h11-13H,5-10,14-16H2,1-4H3. The molecular weight excluding hydrogens is 403 g/mol. The molecule has 0 aromatic heterocycles. The Bertz CT molecular complexity index is 734. The topological polar surface area (TPSA) is 78.9 Å². The molecule has 0 spiro atoms. The Morgan fingerprint density at radius 3 is 2.17 bits per heavy atom. The van der Waals surface area contributed by atoms with Gasteiger partial charge in [0.25, 0.3) is 0 Å². The molecule has 166 valence electrons. The minimum Gasteiger partial charge on any atom is -0.496 e. The molecule has 30 heavy (non-hydrogen) atoms. The van der Waals surface area contributed by atoms with Crippen LogP contribution in [0.5, 0.6) is 11.5 Å². The Labute approximate surface area is 180 Å². The molecule has 1 aromatic carbocycles. The second-order valence-electron chi connectivity index (χ2n) is 8.02. The van der Waals surface area contributed by atoms with Crippen molar-refractivity contribution in [3.63, 3.8) is 0 Å². The highest BCUT2D eigenvalue weighted by molar-refractivity contribution is 7.28. The van der Waals surface area contributed by atoms with Gasteiger partial charge < -0.3 is 14.2 Å². The fraction of sp³-hybridized carbons (Fsp3) is 0.652. The first-order chi connectivity index (χ1) is 14.4. The molecule has 0 radical (unpaired) electrons. The van der Waals surface area contributed by atoms with Gasteiger partial charge in [0.05, 0.1) is 26.2 Å². The minimum absolute atomic E-state index is 0.270. The molecule has 0 amide bonds. The molecule has 0 aliphatic heterocycles. The van der Waals surface area contributed by atoms with Crippen LogP contribution in [0.1, 0.15) is 75.6 Å². The van der Waals surface area contributed by atoms with Crippen LogP contribution in [-0.4, -0.2) is 37.7 Å². The molecule has 1 aliphatic carbocycles. The van der Waals surface area contributed by atoms with E-state index in [9.17, 15) is 14.2 Å². The molecule has 0 bridgehead atoms. The van der Waals surface area contributed by atoms with Crippen LogP contribution in [0.4, 0.5) is 0 Å². The Hall–Kier alpha value is -1.94. The van der Waals surface area contributed by atoms with E-state index < -0.39 is 25.0 Å². The zero-order valence-electron chi connectivity index (χ0n) is 18.5. The third kappa shape index (κ3) is 4.54. The van der Waals surface area contributed by atoms with Crippen molar-refractivity contribution < 1.29 is 28.4 Å². The van der Waals surface area contributed by atoms with Gasteiger partial charge in [0.1, 0.15) is 17.1 Å². The molecule has 1 saturated carbocycles. The first-order valence-corrected chi connectivity index (χ1v) is 11.5. The number of methoxy groups -OCH3 is 2. The molecule has 1 atom stereocenters. The first kappa shape index (κ1) is 24.3. The zero-order chi connectivity index (χ0) is 22.2. The van der Waals surface area contributed by atoms with Gasteiger partial charge in [0.2, 0.25) is 0 Å². The second-order valence-corrected chi connectivity index (χ2v) is 9.09. The lowest BCUT2D eigenvalue weighted by molar-refractivity contribution is -0.149. The summed E-state index contributed by atoms with van der Waals surface area (Å²) in [6, 6.07) is 5.12. The summed E-state index contributed by atoms with van der Waals surface area (Å²) in [4.78, 5) is 27.1. The summed E-state index contributed by atoms with van der Waals surface area (Å²) >= 11 is 0. The zero-order valence-corrected chi connectivity index (χ0v) is 19.4. The van der Waals surface area contributed by atoms with Gasteiger partial charge in [-0.3, -0.25) is 14.2 Å². The fourth-order valence-corrected chi connectivity index (χ4v) is 5.02. The van der Waals surface area contributed by atoms with E-state index in [1.54, 1.807) is 25.1 Å². The van der Waals surface area contributed by atoms with Crippen molar-refractivity contribution in [2.75, 3.05) is 20.8 Å². The van der Waals surface area contributed by atoms with Gasteiger partial charge in [0, 0.05) is 0 Å². The highest BCUT2D eigenvalue weighted by Crippen LogP contribution is 2.56. The van der Waals surface area contributed by atoms with Gasteiger partial charge in [-0.2, -0.15) is 0 Å². The van der Waals surface area contributed by atoms with Gasteiger partial charge in [-0.15, -0.1) is 0 Å². The van der Waals surface area contributed by atoms with E-state index in [0.717, 1.165) is 38.5 Å². The Morgan fingerprint density at radius 1 is 1.07 bits per heavy atom. The fourth-order valence-electron chi connectivity index (χ4n) is 4.38. The predicted octanol–water partition coefficient (Wildman–Crippen LogP) is 5.62. The second kappa shape index (κ2) is 10.9. The number of hydrogen-bond acceptors (Lipinski definition) is 6. The molecule has 0 N–H and O–H groups in total. The van der Waals surface area contributed by atoms with Crippen LogP contribution in [0, 0.1) is 5.41 Å². The van der Waals surface area contributed by atoms with Gasteiger partial charge >= 0.3 is 5.97 Å². The monoisotopic (exact) mass is 436 g/mol. The number of benzene rings is 1. The normalized spacial score (nSPS) is 17.3. The summed E-state index contributed by atoms with van der Waals surface area (Å²) in [6.07, 6.45) is 6.36. The molecule has 6 nitrogen and oxygen atoms in total. The molecule has 1 aromatic rings. The van der Waals surface area contributed by atoms with Crippen LogP contribution in [0.15, 0.2) is 18.2 Å². The molecular formula is C23H33O6P. The average molecular weight is 436 g/mol. The van der Waals surface area contributed by atoms with Gasteiger partial charge in [-0.05, 0) is 38.3 Å². The highest BCUT2D eigenvalue weighted by atomic mass is 31.1. The third-order valence-corrected chi connectivity index (χ3v) is 7.27. The van der Waals surface area contributed by atoms with Crippen LogP contribution in [0.25, 0.3) is 0 Å². The summed E-state index contributed by atoms with van der Waals surface area (Å²) < 4.78 is 28.8. The maximum Gasteiger partial charge on any atom is 0.324 e. The predicted molar refractivity (Wildman–Crippen MR) is 116 cm³/mol. The highest BCUT2D eigenvalue weighted by Gasteiger charge is 2.61. The van der Waals surface area contributed by atoms with Crippen LogP contribution in [0.3, 0.4) is 0 Å². The number of esters is 1. The van der Waals surface area contributed by atoms with Crippen molar-refractivity contribution in [1.29, 1.82) is 0 Å². The van der Waals surface area contributed by atoms with Crippen molar-refractivity contribution in [2.24, 2.45) is 5.41 Å². The van der Waals surface area contributed by atoms with E-state index in [2.05, 4.69) is 6.92 Å². The van der Waals surface area contributed by atoms with Crippen molar-refractivity contribution in [1.82, 2.24) is 0 Å². The molecule has 7 heteroatoms. The number of carbonyl (C=O) groups is 2. The number of carbonyl (C=O) groups excluding carboxylic acids is 2. The van der Waals surface area contributed by atoms with Crippen LogP contribution in [-0.2, 0) is 14.1 Å². The summed E-state index contributed by atoms with van der Waals surface area (Å²) in [6.45, 7) is 3.97. The number of ketones is 1. The quantitative estimate of drug-likeness (QED) is 0.183. The average Bonchev–Trinajstić information content (AvgIpc) is 3.28. The van der Waals surface area contributed by atoms with Crippen LogP contribution >= 0.6 is 8.46 Å². The maximum atomic E-state index is 13.9. The SMILES string of the molecule is CCCCCCOC(=O)C(C)(P=O)C1(C(=O)c2c(OC)cccc2OC)CCCC1. The van der Waals surface area contributed by atoms with Crippen molar-refractivity contribution >= 4 is 20.2 Å². The van der Waals surface area contributed by atoms with E-state index in [0.29, 0.717) is 24.3 Å². The summed E-state index contributed by atoms with van der Waals surface area (Å²) in [5, 5.41) is -1.47. The lowest BCUT2D eigenvalue weighted by Crippen LogP contribution is -2.52. The van der Waals surface area contributed by atoms with Gasteiger partial charge in [0.15, 0.2) is 19.4 Å². The molecule has 0 saturated heterocycles. The molecule has 1 fully saturated rings.